The second-order valence-electron chi connectivity index (χ2n) is 3.87. The Morgan fingerprint density at radius 2 is 2.44 bits per heavy atom. The lowest BCUT2D eigenvalue weighted by molar-refractivity contribution is -0.121. The highest BCUT2D eigenvalue weighted by Gasteiger charge is 2.29. The summed E-state index contributed by atoms with van der Waals surface area (Å²) in [6.45, 7) is 2.99. The van der Waals surface area contributed by atoms with E-state index < -0.39 is 0 Å². The number of alkyl halides is 1. The normalized spacial score (nSPS) is 22.4. The van der Waals surface area contributed by atoms with Gasteiger partial charge in [-0.15, -0.1) is 16.7 Å². The first kappa shape index (κ1) is 11.2. The number of amides is 1. The second kappa shape index (κ2) is 4.29. The molecule has 1 aliphatic heterocycles. The van der Waals surface area contributed by atoms with E-state index in [-0.39, 0.29) is 17.2 Å². The minimum absolute atomic E-state index is 0.135. The minimum Gasteiger partial charge on any atom is -0.406 e. The Morgan fingerprint density at radius 1 is 1.69 bits per heavy atom. The van der Waals surface area contributed by atoms with E-state index >= 15 is 0 Å². The van der Waals surface area contributed by atoms with Crippen molar-refractivity contribution in [2.24, 2.45) is 11.7 Å². The van der Waals surface area contributed by atoms with Crippen LogP contribution in [-0.4, -0.2) is 29.2 Å². The number of nitrogens with zero attached hydrogens (tertiary/aromatic N) is 3. The van der Waals surface area contributed by atoms with E-state index in [1.54, 1.807) is 6.92 Å². The van der Waals surface area contributed by atoms with Crippen molar-refractivity contribution in [3.63, 3.8) is 0 Å². The van der Waals surface area contributed by atoms with E-state index in [1.165, 1.54) is 0 Å². The van der Waals surface area contributed by atoms with Gasteiger partial charge in [-0.25, -0.2) is 0 Å². The molecule has 0 saturated carbocycles. The third-order valence-corrected chi connectivity index (χ3v) is 2.82. The second-order valence-corrected chi connectivity index (χ2v) is 4.53. The van der Waals surface area contributed by atoms with Crippen LogP contribution in [-0.2, 0) is 4.79 Å². The molecule has 0 bridgehead atoms. The first-order valence-electron chi connectivity index (χ1n) is 5.09. The van der Waals surface area contributed by atoms with Crippen LogP contribution in [0.25, 0.3) is 0 Å². The molecule has 16 heavy (non-hydrogen) atoms. The van der Waals surface area contributed by atoms with Gasteiger partial charge in [-0.05, 0) is 13.3 Å². The average molecular weight is 245 g/mol. The maximum absolute atomic E-state index is 11.0. The van der Waals surface area contributed by atoms with Crippen LogP contribution < -0.4 is 10.6 Å². The zero-order valence-corrected chi connectivity index (χ0v) is 9.65. The zero-order valence-electron chi connectivity index (χ0n) is 8.89. The molecule has 0 spiro atoms. The molecular weight excluding hydrogens is 232 g/mol. The maximum Gasteiger partial charge on any atom is 0.318 e. The predicted octanol–water partition coefficient (Wildman–Crippen LogP) is 0.681. The van der Waals surface area contributed by atoms with Gasteiger partial charge in [0.1, 0.15) is 5.38 Å². The van der Waals surface area contributed by atoms with Gasteiger partial charge in [0.25, 0.3) is 0 Å². The summed E-state index contributed by atoms with van der Waals surface area (Å²) >= 11 is 5.81. The van der Waals surface area contributed by atoms with Gasteiger partial charge in [0, 0.05) is 13.1 Å². The Kier molecular flexibility index (Phi) is 3.00. The summed E-state index contributed by atoms with van der Waals surface area (Å²) in [7, 11) is 0. The fraction of sp³-hybridized carbons (Fsp3) is 0.667. The van der Waals surface area contributed by atoms with E-state index in [4.69, 9.17) is 21.8 Å². The summed E-state index contributed by atoms with van der Waals surface area (Å²) in [5, 5.41) is 7.40. The van der Waals surface area contributed by atoms with E-state index in [2.05, 4.69) is 10.2 Å². The summed E-state index contributed by atoms with van der Waals surface area (Å²) in [6.07, 6.45) is 0.726. The Morgan fingerprint density at radius 3 is 2.94 bits per heavy atom. The molecule has 0 aromatic carbocycles. The van der Waals surface area contributed by atoms with Crippen molar-refractivity contribution in [1.29, 1.82) is 0 Å². The Labute approximate surface area is 97.7 Å². The molecule has 2 heterocycles. The van der Waals surface area contributed by atoms with Crippen LogP contribution in [0.3, 0.4) is 0 Å². The quantitative estimate of drug-likeness (QED) is 0.791. The van der Waals surface area contributed by atoms with E-state index in [1.807, 2.05) is 4.90 Å². The summed E-state index contributed by atoms with van der Waals surface area (Å²) in [5.74, 6) is -0.0316. The number of carbonyl (C=O) groups is 1. The minimum atomic E-state index is -0.309. The molecule has 1 amide bonds. The van der Waals surface area contributed by atoms with Crippen molar-refractivity contribution in [2.45, 2.75) is 18.7 Å². The average Bonchev–Trinajstić information content (AvgIpc) is 2.86. The Hall–Kier alpha value is -1.30. The van der Waals surface area contributed by atoms with Gasteiger partial charge >= 0.3 is 6.01 Å². The molecule has 7 heteroatoms. The summed E-state index contributed by atoms with van der Waals surface area (Å²) < 4.78 is 5.38. The fourth-order valence-electron chi connectivity index (χ4n) is 1.68. The maximum atomic E-state index is 11.0. The SMILES string of the molecule is CC(Cl)c1nnc(N2CCC(C(N)=O)C2)o1. The fourth-order valence-corrected chi connectivity index (χ4v) is 1.77. The van der Waals surface area contributed by atoms with Gasteiger partial charge in [-0.1, -0.05) is 5.10 Å². The smallest absolute Gasteiger partial charge is 0.318 e. The third-order valence-electron chi connectivity index (χ3n) is 2.63. The summed E-state index contributed by atoms with van der Waals surface area (Å²) in [6, 6.07) is 0.409. The van der Waals surface area contributed by atoms with Crippen LogP contribution >= 0.6 is 11.6 Å². The van der Waals surface area contributed by atoms with Crippen LogP contribution in [0.5, 0.6) is 0 Å². The highest BCUT2D eigenvalue weighted by atomic mass is 35.5. The zero-order chi connectivity index (χ0) is 11.7. The van der Waals surface area contributed by atoms with Crippen LogP contribution in [0.4, 0.5) is 6.01 Å². The number of carbonyl (C=O) groups excluding carboxylic acids is 1. The summed E-state index contributed by atoms with van der Waals surface area (Å²) in [5.41, 5.74) is 5.24. The van der Waals surface area contributed by atoms with E-state index in [0.29, 0.717) is 25.0 Å². The van der Waals surface area contributed by atoms with Gasteiger partial charge in [0.15, 0.2) is 0 Å². The number of nitrogens with two attached hydrogens (primary N) is 1. The highest BCUT2D eigenvalue weighted by Crippen LogP contribution is 2.25. The van der Waals surface area contributed by atoms with Crippen LogP contribution in [0.1, 0.15) is 24.6 Å². The molecule has 2 atom stereocenters. The predicted molar refractivity (Wildman–Crippen MR) is 58.1 cm³/mol. The Balaban J connectivity index is 2.06. The van der Waals surface area contributed by atoms with Crippen molar-refractivity contribution >= 4 is 23.5 Å². The van der Waals surface area contributed by atoms with Gasteiger partial charge in [0.2, 0.25) is 11.8 Å². The Bertz CT molecular complexity index is 393. The topological polar surface area (TPSA) is 85.3 Å². The number of anilines is 1. The van der Waals surface area contributed by atoms with Crippen molar-refractivity contribution in [1.82, 2.24) is 10.2 Å². The lowest BCUT2D eigenvalue weighted by atomic mass is 10.1. The molecule has 2 N–H and O–H groups in total. The molecular formula is C9H13ClN4O2. The largest absolute Gasteiger partial charge is 0.406 e. The number of hydrogen-bond donors (Lipinski definition) is 1. The summed E-state index contributed by atoms with van der Waals surface area (Å²) in [4.78, 5) is 12.9. The molecule has 1 fully saturated rings. The lowest BCUT2D eigenvalue weighted by Gasteiger charge is -2.11. The van der Waals surface area contributed by atoms with Crippen LogP contribution in [0, 0.1) is 5.92 Å². The molecule has 2 unspecified atom stereocenters. The molecule has 1 saturated heterocycles. The molecule has 88 valence electrons. The van der Waals surface area contributed by atoms with Gasteiger partial charge in [-0.2, -0.15) is 0 Å². The van der Waals surface area contributed by atoms with Gasteiger partial charge in [0.05, 0.1) is 5.92 Å². The molecule has 1 aromatic heterocycles. The number of halogens is 1. The van der Waals surface area contributed by atoms with E-state index in [9.17, 15) is 4.79 Å². The molecule has 2 rings (SSSR count). The van der Waals surface area contributed by atoms with Crippen molar-refractivity contribution < 1.29 is 9.21 Å². The molecule has 0 radical (unpaired) electrons. The number of aromatic nitrogens is 2. The first-order valence-corrected chi connectivity index (χ1v) is 5.53. The van der Waals surface area contributed by atoms with Crippen molar-refractivity contribution in [2.75, 3.05) is 18.0 Å². The van der Waals surface area contributed by atoms with Crippen molar-refractivity contribution in [3.8, 4) is 0 Å². The van der Waals surface area contributed by atoms with Crippen LogP contribution in [0.15, 0.2) is 4.42 Å². The van der Waals surface area contributed by atoms with Crippen LogP contribution in [0.2, 0.25) is 0 Å². The third kappa shape index (κ3) is 2.11. The lowest BCUT2D eigenvalue weighted by Crippen LogP contribution is -2.27. The molecule has 6 nitrogen and oxygen atoms in total. The molecule has 1 aliphatic rings. The van der Waals surface area contributed by atoms with Crippen molar-refractivity contribution in [3.05, 3.63) is 5.89 Å². The van der Waals surface area contributed by atoms with Gasteiger partial charge < -0.3 is 15.1 Å². The number of primary amides is 1. The number of hydrogen-bond acceptors (Lipinski definition) is 5. The van der Waals surface area contributed by atoms with E-state index in [0.717, 1.165) is 6.42 Å². The first-order chi connectivity index (χ1) is 7.58. The highest BCUT2D eigenvalue weighted by molar-refractivity contribution is 6.20. The number of rotatable bonds is 3. The standard InChI is InChI=1S/C9H13ClN4O2/c1-5(10)8-12-13-9(16-8)14-3-2-6(4-14)7(11)15/h5-6H,2-4H2,1H3,(H2,11,15). The van der Waals surface area contributed by atoms with Gasteiger partial charge in [-0.3, -0.25) is 4.79 Å². The molecule has 0 aliphatic carbocycles. The molecule has 1 aromatic rings. The monoisotopic (exact) mass is 244 g/mol.